The molecule has 0 bridgehead atoms. The fourth-order valence-electron chi connectivity index (χ4n) is 3.07. The van der Waals surface area contributed by atoms with Crippen molar-refractivity contribution in [2.24, 2.45) is 0 Å². The summed E-state index contributed by atoms with van der Waals surface area (Å²) in [5, 5.41) is 0. The maximum Gasteiger partial charge on any atom is 0.243 e. The lowest BCUT2D eigenvalue weighted by Crippen LogP contribution is -2.42. The second-order valence-corrected chi connectivity index (χ2v) is 7.51. The van der Waals surface area contributed by atoms with Crippen molar-refractivity contribution >= 4 is 10.0 Å². The van der Waals surface area contributed by atoms with E-state index in [-0.39, 0.29) is 12.1 Å². The Balaban J connectivity index is 1.91. The van der Waals surface area contributed by atoms with E-state index in [2.05, 4.69) is 0 Å². The molecule has 2 aliphatic carbocycles. The smallest absolute Gasteiger partial charge is 0.207 e. The number of nitrogens with zero attached hydrogens (tertiary/aromatic N) is 1. The maximum absolute atomic E-state index is 12.8. The van der Waals surface area contributed by atoms with Crippen LogP contribution in [0.25, 0.3) is 0 Å². The predicted octanol–water partition coefficient (Wildman–Crippen LogP) is 3.17. The summed E-state index contributed by atoms with van der Waals surface area (Å²) in [6.45, 7) is 0. The molecule has 0 saturated heterocycles. The molecular formula is C15H21NO2S. The molecule has 104 valence electrons. The molecule has 2 saturated carbocycles. The highest BCUT2D eigenvalue weighted by molar-refractivity contribution is 7.89. The summed E-state index contributed by atoms with van der Waals surface area (Å²) < 4.78 is 27.5. The van der Waals surface area contributed by atoms with Gasteiger partial charge in [0.25, 0.3) is 0 Å². The molecule has 0 aliphatic heterocycles. The Bertz CT molecular complexity index is 516. The van der Waals surface area contributed by atoms with Crippen LogP contribution in [0.3, 0.4) is 0 Å². The Morgan fingerprint density at radius 2 is 1.42 bits per heavy atom. The largest absolute Gasteiger partial charge is 0.243 e. The van der Waals surface area contributed by atoms with E-state index in [1.807, 2.05) is 10.4 Å². The molecule has 2 fully saturated rings. The molecule has 4 heteroatoms. The lowest BCUT2D eigenvalue weighted by molar-refractivity contribution is 0.246. The fourth-order valence-corrected chi connectivity index (χ4v) is 5.02. The summed E-state index contributed by atoms with van der Waals surface area (Å²) in [5.74, 6) is 0. The van der Waals surface area contributed by atoms with E-state index in [0.717, 1.165) is 38.5 Å². The molecule has 0 heterocycles. The summed E-state index contributed by atoms with van der Waals surface area (Å²) in [6.07, 6.45) is 7.70. The van der Waals surface area contributed by atoms with Gasteiger partial charge in [-0.2, -0.15) is 4.31 Å². The summed E-state index contributed by atoms with van der Waals surface area (Å²) in [6, 6.07) is 9.39. The minimum atomic E-state index is -3.30. The molecule has 0 spiro atoms. The first-order chi connectivity index (χ1) is 9.19. The average molecular weight is 279 g/mol. The van der Waals surface area contributed by atoms with Crippen LogP contribution in [0.2, 0.25) is 0 Å². The maximum atomic E-state index is 12.8. The molecule has 19 heavy (non-hydrogen) atoms. The lowest BCUT2D eigenvalue weighted by atomic mass is 9.95. The molecule has 1 aromatic rings. The molecule has 3 rings (SSSR count). The zero-order valence-electron chi connectivity index (χ0n) is 11.2. The van der Waals surface area contributed by atoms with Crippen molar-refractivity contribution in [1.29, 1.82) is 0 Å². The van der Waals surface area contributed by atoms with Gasteiger partial charge in [0.05, 0.1) is 4.90 Å². The fraction of sp³-hybridized carbons (Fsp3) is 0.600. The number of sulfonamides is 1. The lowest BCUT2D eigenvalue weighted by Gasteiger charge is -2.33. The van der Waals surface area contributed by atoms with Crippen molar-refractivity contribution in [3.63, 3.8) is 0 Å². The third-order valence-corrected chi connectivity index (χ3v) is 6.18. The minimum absolute atomic E-state index is 0.228. The van der Waals surface area contributed by atoms with Crippen molar-refractivity contribution in [2.75, 3.05) is 0 Å². The van der Waals surface area contributed by atoms with Crippen LogP contribution in [0.5, 0.6) is 0 Å². The third kappa shape index (κ3) is 2.70. The van der Waals surface area contributed by atoms with Gasteiger partial charge in [0.15, 0.2) is 0 Å². The SMILES string of the molecule is O=S(=O)(c1ccccc1)N(C1CCCCC1)C1CC1. The van der Waals surface area contributed by atoms with Gasteiger partial charge in [-0.3, -0.25) is 0 Å². The molecular weight excluding hydrogens is 258 g/mol. The average Bonchev–Trinajstić information content (AvgIpc) is 3.25. The van der Waals surface area contributed by atoms with E-state index < -0.39 is 10.0 Å². The van der Waals surface area contributed by atoms with Crippen molar-refractivity contribution in [2.45, 2.75) is 61.9 Å². The van der Waals surface area contributed by atoms with Gasteiger partial charge in [-0.05, 0) is 37.8 Å². The zero-order chi connectivity index (χ0) is 13.3. The van der Waals surface area contributed by atoms with E-state index in [4.69, 9.17) is 0 Å². The summed E-state index contributed by atoms with van der Waals surface area (Å²) in [4.78, 5) is 0.451. The standard InChI is InChI=1S/C15H21NO2S/c17-19(18,15-9-5-2-6-10-15)16(14-11-12-14)13-7-3-1-4-8-13/h2,5-6,9-10,13-14H,1,3-4,7-8,11-12H2. The molecule has 2 aliphatic rings. The summed E-state index contributed by atoms with van der Waals surface area (Å²) in [7, 11) is -3.30. The molecule has 0 unspecified atom stereocenters. The van der Waals surface area contributed by atoms with E-state index in [1.165, 1.54) is 6.42 Å². The van der Waals surface area contributed by atoms with Crippen LogP contribution in [0.1, 0.15) is 44.9 Å². The van der Waals surface area contributed by atoms with Crippen LogP contribution >= 0.6 is 0 Å². The Labute approximate surface area is 115 Å². The summed E-state index contributed by atoms with van der Waals surface area (Å²) >= 11 is 0. The molecule has 0 aromatic heterocycles. The van der Waals surface area contributed by atoms with Crippen LogP contribution in [0.4, 0.5) is 0 Å². The van der Waals surface area contributed by atoms with E-state index in [1.54, 1.807) is 24.3 Å². The van der Waals surface area contributed by atoms with Crippen LogP contribution in [0.15, 0.2) is 35.2 Å². The van der Waals surface area contributed by atoms with Crippen LogP contribution in [-0.4, -0.2) is 24.8 Å². The number of rotatable bonds is 4. The first kappa shape index (κ1) is 13.1. The number of hydrogen-bond acceptors (Lipinski definition) is 2. The molecule has 0 N–H and O–H groups in total. The molecule has 3 nitrogen and oxygen atoms in total. The quantitative estimate of drug-likeness (QED) is 0.849. The van der Waals surface area contributed by atoms with Gasteiger partial charge < -0.3 is 0 Å². The van der Waals surface area contributed by atoms with Gasteiger partial charge >= 0.3 is 0 Å². The highest BCUT2D eigenvalue weighted by Gasteiger charge is 2.42. The van der Waals surface area contributed by atoms with Crippen molar-refractivity contribution < 1.29 is 8.42 Å². The van der Waals surface area contributed by atoms with E-state index in [0.29, 0.717) is 4.90 Å². The Kier molecular flexibility index (Phi) is 3.63. The highest BCUT2D eigenvalue weighted by atomic mass is 32.2. The third-order valence-electron chi connectivity index (χ3n) is 4.16. The van der Waals surface area contributed by atoms with Crippen LogP contribution in [0, 0.1) is 0 Å². The molecule has 0 atom stereocenters. The van der Waals surface area contributed by atoms with E-state index >= 15 is 0 Å². The first-order valence-corrected chi connectivity index (χ1v) is 8.72. The van der Waals surface area contributed by atoms with Gasteiger partial charge in [0.1, 0.15) is 0 Å². The topological polar surface area (TPSA) is 37.4 Å². The Hall–Kier alpha value is -0.870. The van der Waals surface area contributed by atoms with Crippen LogP contribution in [-0.2, 0) is 10.0 Å². The zero-order valence-corrected chi connectivity index (χ0v) is 12.0. The molecule has 0 radical (unpaired) electrons. The van der Waals surface area contributed by atoms with Gasteiger partial charge in [0, 0.05) is 12.1 Å². The van der Waals surface area contributed by atoms with Crippen LogP contribution < -0.4 is 0 Å². The van der Waals surface area contributed by atoms with Gasteiger partial charge in [-0.25, -0.2) is 8.42 Å². The number of hydrogen-bond donors (Lipinski definition) is 0. The predicted molar refractivity (Wildman–Crippen MR) is 75.4 cm³/mol. The minimum Gasteiger partial charge on any atom is -0.207 e. The second kappa shape index (κ2) is 5.25. The van der Waals surface area contributed by atoms with Crippen molar-refractivity contribution in [3.05, 3.63) is 30.3 Å². The Morgan fingerprint density at radius 3 is 2.00 bits per heavy atom. The van der Waals surface area contributed by atoms with Gasteiger partial charge in [0.2, 0.25) is 10.0 Å². The summed E-state index contributed by atoms with van der Waals surface area (Å²) in [5.41, 5.74) is 0. The normalized spacial score (nSPS) is 21.7. The van der Waals surface area contributed by atoms with E-state index in [9.17, 15) is 8.42 Å². The van der Waals surface area contributed by atoms with Gasteiger partial charge in [-0.15, -0.1) is 0 Å². The van der Waals surface area contributed by atoms with Crippen molar-refractivity contribution in [3.8, 4) is 0 Å². The molecule has 1 aromatic carbocycles. The second-order valence-electron chi connectivity index (χ2n) is 5.67. The Morgan fingerprint density at radius 1 is 0.842 bits per heavy atom. The molecule has 0 amide bonds. The first-order valence-electron chi connectivity index (χ1n) is 7.28. The highest BCUT2D eigenvalue weighted by Crippen LogP contribution is 2.37. The number of benzene rings is 1. The van der Waals surface area contributed by atoms with Crippen molar-refractivity contribution in [1.82, 2.24) is 4.31 Å². The van der Waals surface area contributed by atoms with Gasteiger partial charge in [-0.1, -0.05) is 37.5 Å². The monoisotopic (exact) mass is 279 g/mol.